The van der Waals surface area contributed by atoms with Crippen molar-refractivity contribution in [3.05, 3.63) is 53.0 Å². The maximum Gasteiger partial charge on any atom is 0.148 e. The van der Waals surface area contributed by atoms with E-state index in [1.165, 1.54) is 12.1 Å². The summed E-state index contributed by atoms with van der Waals surface area (Å²) in [7, 11) is 1.57. The van der Waals surface area contributed by atoms with Gasteiger partial charge < -0.3 is 10.1 Å². The van der Waals surface area contributed by atoms with E-state index in [0.29, 0.717) is 23.7 Å². The number of rotatable bonds is 4. The maximum absolute atomic E-state index is 12.9. The fourth-order valence-corrected chi connectivity index (χ4v) is 1.90. The van der Waals surface area contributed by atoms with Crippen LogP contribution in [-0.2, 0) is 11.3 Å². The van der Waals surface area contributed by atoms with E-state index in [1.54, 1.807) is 19.2 Å². The van der Waals surface area contributed by atoms with Gasteiger partial charge in [-0.05, 0) is 37.3 Å². The third kappa shape index (κ3) is 3.11. The SMILES string of the molecule is COCc1cc(C)nc(Nc2ccc(F)cc2)c1C#N. The molecule has 0 bridgehead atoms. The molecule has 1 heterocycles. The zero-order chi connectivity index (χ0) is 14.5. The lowest BCUT2D eigenvalue weighted by molar-refractivity contribution is 0.184. The molecule has 0 aliphatic heterocycles. The number of nitrogens with one attached hydrogen (secondary N) is 1. The smallest absolute Gasteiger partial charge is 0.148 e. The maximum atomic E-state index is 12.9. The molecule has 1 aromatic carbocycles. The molecule has 0 unspecified atom stereocenters. The standard InChI is InChI=1S/C15H14FN3O/c1-10-7-11(9-20-2)14(8-17)15(18-10)19-13-5-3-12(16)4-6-13/h3-7H,9H2,1-2H3,(H,18,19). The van der Waals surface area contributed by atoms with Crippen molar-refractivity contribution in [1.29, 1.82) is 5.26 Å². The molecular formula is C15H14FN3O. The highest BCUT2D eigenvalue weighted by atomic mass is 19.1. The van der Waals surface area contributed by atoms with E-state index in [4.69, 9.17) is 4.74 Å². The molecule has 2 rings (SSSR count). The van der Waals surface area contributed by atoms with Gasteiger partial charge in [0.05, 0.1) is 6.61 Å². The third-order valence-electron chi connectivity index (χ3n) is 2.75. The van der Waals surface area contributed by atoms with Crippen molar-refractivity contribution < 1.29 is 9.13 Å². The number of pyridine rings is 1. The van der Waals surface area contributed by atoms with Gasteiger partial charge in [-0.25, -0.2) is 9.37 Å². The van der Waals surface area contributed by atoms with E-state index in [-0.39, 0.29) is 5.82 Å². The van der Waals surface area contributed by atoms with Crippen molar-refractivity contribution in [2.24, 2.45) is 0 Å². The van der Waals surface area contributed by atoms with Crippen LogP contribution in [0.4, 0.5) is 15.9 Å². The highest BCUT2D eigenvalue weighted by molar-refractivity contribution is 5.64. The first kappa shape index (κ1) is 14.0. The summed E-state index contributed by atoms with van der Waals surface area (Å²) in [6.07, 6.45) is 0. The molecule has 0 amide bonds. The normalized spacial score (nSPS) is 10.1. The highest BCUT2D eigenvalue weighted by Gasteiger charge is 2.11. The van der Waals surface area contributed by atoms with Gasteiger partial charge in [0, 0.05) is 24.1 Å². The van der Waals surface area contributed by atoms with Crippen LogP contribution < -0.4 is 5.32 Å². The molecule has 5 heteroatoms. The van der Waals surface area contributed by atoms with Gasteiger partial charge in [-0.1, -0.05) is 0 Å². The number of aromatic nitrogens is 1. The molecule has 2 aromatic rings. The third-order valence-corrected chi connectivity index (χ3v) is 2.75. The van der Waals surface area contributed by atoms with Crippen LogP contribution in [0.3, 0.4) is 0 Å². The fourth-order valence-electron chi connectivity index (χ4n) is 1.90. The first-order valence-corrected chi connectivity index (χ1v) is 6.06. The number of methoxy groups -OCH3 is 1. The number of anilines is 2. The monoisotopic (exact) mass is 271 g/mol. The van der Waals surface area contributed by atoms with Crippen molar-refractivity contribution in [3.8, 4) is 6.07 Å². The molecule has 0 aliphatic carbocycles. The molecule has 0 saturated carbocycles. The first-order chi connectivity index (χ1) is 9.63. The van der Waals surface area contributed by atoms with Crippen LogP contribution in [0.1, 0.15) is 16.8 Å². The van der Waals surface area contributed by atoms with Crippen molar-refractivity contribution in [2.45, 2.75) is 13.5 Å². The molecule has 0 aliphatic rings. The quantitative estimate of drug-likeness (QED) is 0.927. The minimum absolute atomic E-state index is 0.312. The van der Waals surface area contributed by atoms with Crippen LogP contribution in [0.25, 0.3) is 0 Å². The second-order valence-corrected chi connectivity index (χ2v) is 4.32. The second kappa shape index (κ2) is 6.13. The summed E-state index contributed by atoms with van der Waals surface area (Å²) in [5, 5.41) is 12.3. The molecule has 20 heavy (non-hydrogen) atoms. The van der Waals surface area contributed by atoms with Gasteiger partial charge in [0.2, 0.25) is 0 Å². The van der Waals surface area contributed by atoms with E-state index in [9.17, 15) is 9.65 Å². The zero-order valence-electron chi connectivity index (χ0n) is 11.3. The lowest BCUT2D eigenvalue weighted by Crippen LogP contribution is -2.03. The summed E-state index contributed by atoms with van der Waals surface area (Å²) in [6.45, 7) is 2.18. The summed E-state index contributed by atoms with van der Waals surface area (Å²) in [5.41, 5.74) is 2.65. The van der Waals surface area contributed by atoms with Crippen LogP contribution in [-0.4, -0.2) is 12.1 Å². The summed E-state index contributed by atoms with van der Waals surface area (Å²) in [4.78, 5) is 4.32. The van der Waals surface area contributed by atoms with Crippen LogP contribution in [0.2, 0.25) is 0 Å². The van der Waals surface area contributed by atoms with Gasteiger partial charge in [-0.15, -0.1) is 0 Å². The Morgan fingerprint density at radius 1 is 1.35 bits per heavy atom. The van der Waals surface area contributed by atoms with Gasteiger partial charge in [-0.3, -0.25) is 0 Å². The van der Waals surface area contributed by atoms with Crippen molar-refractivity contribution >= 4 is 11.5 Å². The van der Waals surface area contributed by atoms with Crippen molar-refractivity contribution in [1.82, 2.24) is 4.98 Å². The average Bonchev–Trinajstić information content (AvgIpc) is 2.41. The number of nitriles is 1. The Morgan fingerprint density at radius 3 is 2.65 bits per heavy atom. The largest absolute Gasteiger partial charge is 0.380 e. The molecule has 102 valence electrons. The Balaban J connectivity index is 2.40. The molecule has 4 nitrogen and oxygen atoms in total. The Hall–Kier alpha value is -2.45. The van der Waals surface area contributed by atoms with Gasteiger partial charge in [0.1, 0.15) is 23.3 Å². The number of aryl methyl sites for hydroxylation is 1. The van der Waals surface area contributed by atoms with Gasteiger partial charge >= 0.3 is 0 Å². The van der Waals surface area contributed by atoms with Gasteiger partial charge in [-0.2, -0.15) is 5.26 Å². The minimum atomic E-state index is -0.312. The Kier molecular flexibility index (Phi) is 4.28. The molecule has 0 fully saturated rings. The summed E-state index contributed by atoms with van der Waals surface area (Å²) in [5.74, 6) is 0.138. The predicted octanol–water partition coefficient (Wildman–Crippen LogP) is 3.29. The number of hydrogen-bond donors (Lipinski definition) is 1. The average molecular weight is 271 g/mol. The predicted molar refractivity (Wildman–Crippen MR) is 74.1 cm³/mol. The van der Waals surface area contributed by atoms with Gasteiger partial charge in [0.25, 0.3) is 0 Å². The molecule has 1 aromatic heterocycles. The van der Waals surface area contributed by atoms with E-state index in [0.717, 1.165) is 11.3 Å². The zero-order valence-corrected chi connectivity index (χ0v) is 11.3. The Bertz CT molecular complexity index is 647. The number of nitrogens with zero attached hydrogens (tertiary/aromatic N) is 2. The molecule has 0 spiro atoms. The van der Waals surface area contributed by atoms with E-state index in [1.807, 2.05) is 13.0 Å². The van der Waals surface area contributed by atoms with Crippen molar-refractivity contribution in [2.75, 3.05) is 12.4 Å². The van der Waals surface area contributed by atoms with Crippen LogP contribution in [0, 0.1) is 24.1 Å². The van der Waals surface area contributed by atoms with E-state index >= 15 is 0 Å². The summed E-state index contributed by atoms with van der Waals surface area (Å²) < 4.78 is 18.0. The summed E-state index contributed by atoms with van der Waals surface area (Å²) in [6, 6.07) is 9.83. The topological polar surface area (TPSA) is 57.9 Å². The van der Waals surface area contributed by atoms with E-state index < -0.39 is 0 Å². The van der Waals surface area contributed by atoms with Crippen LogP contribution in [0.5, 0.6) is 0 Å². The van der Waals surface area contributed by atoms with E-state index in [2.05, 4.69) is 16.4 Å². The highest BCUT2D eigenvalue weighted by Crippen LogP contribution is 2.23. The number of ether oxygens (including phenoxy) is 1. The minimum Gasteiger partial charge on any atom is -0.380 e. The molecule has 0 radical (unpaired) electrons. The Labute approximate surface area is 116 Å². The second-order valence-electron chi connectivity index (χ2n) is 4.32. The molecular weight excluding hydrogens is 257 g/mol. The van der Waals surface area contributed by atoms with Crippen LogP contribution in [0.15, 0.2) is 30.3 Å². The van der Waals surface area contributed by atoms with Gasteiger partial charge in [0.15, 0.2) is 0 Å². The van der Waals surface area contributed by atoms with Crippen molar-refractivity contribution in [3.63, 3.8) is 0 Å². The number of benzene rings is 1. The lowest BCUT2D eigenvalue weighted by Gasteiger charge is -2.12. The fraction of sp³-hybridized carbons (Fsp3) is 0.200. The number of hydrogen-bond acceptors (Lipinski definition) is 4. The van der Waals surface area contributed by atoms with Crippen LogP contribution >= 0.6 is 0 Å². The molecule has 0 saturated heterocycles. The molecule has 0 atom stereocenters. The number of halogens is 1. The lowest BCUT2D eigenvalue weighted by atomic mass is 10.1. The summed E-state index contributed by atoms with van der Waals surface area (Å²) >= 11 is 0. The molecule has 1 N–H and O–H groups in total. The Morgan fingerprint density at radius 2 is 2.05 bits per heavy atom. The first-order valence-electron chi connectivity index (χ1n) is 6.06.